The lowest BCUT2D eigenvalue weighted by Gasteiger charge is -2.14. The van der Waals surface area contributed by atoms with Crippen molar-refractivity contribution < 1.29 is 14.3 Å². The molecule has 0 radical (unpaired) electrons. The molecule has 0 aliphatic rings. The van der Waals surface area contributed by atoms with Crippen LogP contribution in [-0.2, 0) is 4.79 Å². The van der Waals surface area contributed by atoms with Gasteiger partial charge in [-0.05, 0) is 48.9 Å². The van der Waals surface area contributed by atoms with E-state index in [2.05, 4.69) is 10.6 Å². The molecule has 2 N–H and O–H groups in total. The van der Waals surface area contributed by atoms with Gasteiger partial charge in [0.05, 0.1) is 5.02 Å². The lowest BCUT2D eigenvalue weighted by molar-refractivity contribution is -0.118. The Kier molecular flexibility index (Phi) is 6.75. The minimum atomic E-state index is -0.365. The van der Waals surface area contributed by atoms with Crippen LogP contribution >= 0.6 is 23.2 Å². The lowest BCUT2D eigenvalue weighted by atomic mass is 10.1. The highest BCUT2D eigenvalue weighted by Crippen LogP contribution is 2.28. The zero-order valence-corrected chi connectivity index (χ0v) is 17.1. The molecule has 0 atom stereocenters. The van der Waals surface area contributed by atoms with Crippen molar-refractivity contribution in [3.8, 4) is 5.75 Å². The van der Waals surface area contributed by atoms with E-state index in [4.69, 9.17) is 27.9 Å². The summed E-state index contributed by atoms with van der Waals surface area (Å²) in [4.78, 5) is 24.7. The Hall–Kier alpha value is -3.02. The summed E-state index contributed by atoms with van der Waals surface area (Å²) < 4.78 is 5.45. The molecule has 0 unspecified atom stereocenters. The number of hydrogen-bond donors (Lipinski definition) is 2. The van der Waals surface area contributed by atoms with E-state index < -0.39 is 0 Å². The van der Waals surface area contributed by atoms with Crippen LogP contribution in [0.1, 0.15) is 15.9 Å². The summed E-state index contributed by atoms with van der Waals surface area (Å²) in [5, 5.41) is 6.46. The summed E-state index contributed by atoms with van der Waals surface area (Å²) in [5.74, 6) is -0.262. The molecule has 0 spiro atoms. The first-order valence-corrected chi connectivity index (χ1v) is 9.53. The maximum atomic E-state index is 12.4. The third-order valence-electron chi connectivity index (χ3n) is 4.14. The van der Waals surface area contributed by atoms with E-state index in [9.17, 15) is 9.59 Å². The van der Waals surface area contributed by atoms with Crippen LogP contribution in [0, 0.1) is 6.92 Å². The Bertz CT molecular complexity index is 1040. The van der Waals surface area contributed by atoms with Crippen molar-refractivity contribution >= 4 is 46.4 Å². The van der Waals surface area contributed by atoms with Crippen molar-refractivity contribution in [1.29, 1.82) is 0 Å². The Labute approximate surface area is 178 Å². The fourth-order valence-corrected chi connectivity index (χ4v) is 2.94. The molecule has 0 bridgehead atoms. The molecule has 3 aromatic rings. The fraction of sp³-hybridized carbons (Fsp3) is 0.0909. The minimum Gasteiger partial charge on any atom is -0.482 e. The van der Waals surface area contributed by atoms with Crippen LogP contribution in [0.4, 0.5) is 11.4 Å². The molecule has 0 saturated heterocycles. The minimum absolute atomic E-state index is 0.226. The number of benzene rings is 3. The topological polar surface area (TPSA) is 67.4 Å². The molecule has 0 fully saturated rings. The maximum absolute atomic E-state index is 12.4. The number of nitrogens with one attached hydrogen (secondary N) is 2. The monoisotopic (exact) mass is 428 g/mol. The molecule has 29 heavy (non-hydrogen) atoms. The molecule has 3 rings (SSSR count). The Morgan fingerprint density at radius 2 is 1.59 bits per heavy atom. The highest BCUT2D eigenvalue weighted by Gasteiger charge is 2.12. The highest BCUT2D eigenvalue weighted by atomic mass is 35.5. The Morgan fingerprint density at radius 3 is 2.31 bits per heavy atom. The first-order valence-electron chi connectivity index (χ1n) is 8.78. The van der Waals surface area contributed by atoms with Gasteiger partial charge in [-0.25, -0.2) is 0 Å². The third-order valence-corrected chi connectivity index (χ3v) is 4.69. The van der Waals surface area contributed by atoms with Crippen molar-refractivity contribution in [3.63, 3.8) is 0 Å². The zero-order chi connectivity index (χ0) is 20.8. The number of hydrogen-bond acceptors (Lipinski definition) is 3. The largest absolute Gasteiger partial charge is 0.482 e. The fourth-order valence-electron chi connectivity index (χ4n) is 2.61. The van der Waals surface area contributed by atoms with Gasteiger partial charge in [-0.15, -0.1) is 0 Å². The average Bonchev–Trinajstić information content (AvgIpc) is 2.72. The first kappa shape index (κ1) is 20.7. The number of carbonyl (C=O) groups excluding carboxylic acids is 2. The van der Waals surface area contributed by atoms with Crippen LogP contribution in [0.3, 0.4) is 0 Å². The highest BCUT2D eigenvalue weighted by molar-refractivity contribution is 6.34. The van der Waals surface area contributed by atoms with Gasteiger partial charge < -0.3 is 15.4 Å². The van der Waals surface area contributed by atoms with Crippen LogP contribution in [0.15, 0.2) is 66.7 Å². The normalized spacial score (nSPS) is 10.3. The maximum Gasteiger partial charge on any atom is 0.262 e. The second-order valence-electron chi connectivity index (χ2n) is 6.21. The van der Waals surface area contributed by atoms with Gasteiger partial charge in [0.25, 0.3) is 11.8 Å². The molecular weight excluding hydrogens is 411 g/mol. The predicted molar refractivity (Wildman–Crippen MR) is 116 cm³/mol. The SMILES string of the molecule is Cc1c(NC(=O)COc2cc(Cl)ccc2Cl)cccc1NC(=O)c1ccccc1. The predicted octanol–water partition coefficient (Wildman–Crippen LogP) is 5.57. The molecule has 0 saturated carbocycles. The van der Waals surface area contributed by atoms with Gasteiger partial charge in [-0.3, -0.25) is 9.59 Å². The molecule has 0 aliphatic heterocycles. The van der Waals surface area contributed by atoms with Crippen molar-refractivity contribution in [2.24, 2.45) is 0 Å². The van der Waals surface area contributed by atoms with Gasteiger partial charge in [-0.1, -0.05) is 47.5 Å². The number of ether oxygens (including phenoxy) is 1. The number of carbonyl (C=O) groups is 2. The van der Waals surface area contributed by atoms with Gasteiger partial charge in [0.2, 0.25) is 0 Å². The summed E-state index contributed by atoms with van der Waals surface area (Å²) >= 11 is 11.9. The van der Waals surface area contributed by atoms with Crippen LogP contribution in [0.5, 0.6) is 5.75 Å². The van der Waals surface area contributed by atoms with Crippen molar-refractivity contribution in [2.45, 2.75) is 6.92 Å². The second-order valence-corrected chi connectivity index (χ2v) is 7.05. The molecule has 0 heterocycles. The lowest BCUT2D eigenvalue weighted by Crippen LogP contribution is -2.21. The molecular formula is C22H18Cl2N2O3. The molecule has 3 aromatic carbocycles. The van der Waals surface area contributed by atoms with E-state index in [1.54, 1.807) is 60.7 Å². The first-order chi connectivity index (χ1) is 13.9. The van der Waals surface area contributed by atoms with E-state index in [1.165, 1.54) is 0 Å². The molecule has 0 aliphatic carbocycles. The standard InChI is InChI=1S/C22H18Cl2N2O3/c1-14-18(25-21(27)13-29-20-12-16(23)10-11-17(20)24)8-5-9-19(14)26-22(28)15-6-3-2-4-7-15/h2-12H,13H2,1H3,(H,25,27)(H,26,28). The molecule has 2 amide bonds. The van der Waals surface area contributed by atoms with E-state index in [0.717, 1.165) is 5.56 Å². The quantitative estimate of drug-likeness (QED) is 0.538. The number of rotatable bonds is 6. The zero-order valence-electron chi connectivity index (χ0n) is 15.5. The van der Waals surface area contributed by atoms with Crippen molar-refractivity contribution in [2.75, 3.05) is 17.2 Å². The smallest absolute Gasteiger partial charge is 0.262 e. The molecule has 148 valence electrons. The van der Waals surface area contributed by atoms with Crippen LogP contribution < -0.4 is 15.4 Å². The van der Waals surface area contributed by atoms with E-state index >= 15 is 0 Å². The summed E-state index contributed by atoms with van der Waals surface area (Å²) in [5.41, 5.74) is 2.45. The second kappa shape index (κ2) is 9.45. The van der Waals surface area contributed by atoms with Gasteiger partial charge in [0, 0.05) is 28.0 Å². The van der Waals surface area contributed by atoms with Crippen LogP contribution in [0.25, 0.3) is 0 Å². The third kappa shape index (κ3) is 5.50. The Morgan fingerprint density at radius 1 is 0.897 bits per heavy atom. The summed E-state index contributed by atoms with van der Waals surface area (Å²) in [6.45, 7) is 1.57. The van der Waals surface area contributed by atoms with E-state index in [-0.39, 0.29) is 18.4 Å². The van der Waals surface area contributed by atoms with Crippen molar-refractivity contribution in [1.82, 2.24) is 0 Å². The average molecular weight is 429 g/mol. The summed E-state index contributed by atoms with van der Waals surface area (Å²) in [6.07, 6.45) is 0. The van der Waals surface area contributed by atoms with Gasteiger partial charge in [0.1, 0.15) is 5.75 Å². The van der Waals surface area contributed by atoms with Gasteiger partial charge in [0.15, 0.2) is 6.61 Å². The van der Waals surface area contributed by atoms with E-state index in [0.29, 0.717) is 32.7 Å². The summed E-state index contributed by atoms with van der Waals surface area (Å²) in [6, 6.07) is 18.9. The number of anilines is 2. The van der Waals surface area contributed by atoms with Gasteiger partial charge >= 0.3 is 0 Å². The Balaban J connectivity index is 1.65. The van der Waals surface area contributed by atoms with Crippen LogP contribution in [0.2, 0.25) is 10.0 Å². The van der Waals surface area contributed by atoms with Gasteiger partial charge in [-0.2, -0.15) is 0 Å². The molecule has 5 nitrogen and oxygen atoms in total. The number of halogens is 2. The molecule has 7 heteroatoms. The number of amides is 2. The summed E-state index contributed by atoms with van der Waals surface area (Å²) in [7, 11) is 0. The van der Waals surface area contributed by atoms with E-state index in [1.807, 2.05) is 13.0 Å². The van der Waals surface area contributed by atoms with Crippen molar-refractivity contribution in [3.05, 3.63) is 87.9 Å². The van der Waals surface area contributed by atoms with Crippen LogP contribution in [-0.4, -0.2) is 18.4 Å². The molecule has 0 aromatic heterocycles.